The van der Waals surface area contributed by atoms with E-state index in [1.807, 2.05) is 13.0 Å². The second-order valence-corrected chi connectivity index (χ2v) is 5.33. The van der Waals surface area contributed by atoms with Crippen molar-refractivity contribution in [3.8, 4) is 0 Å². The van der Waals surface area contributed by atoms with Crippen LogP contribution in [0.25, 0.3) is 0 Å². The van der Waals surface area contributed by atoms with Gasteiger partial charge in [-0.3, -0.25) is 0 Å². The van der Waals surface area contributed by atoms with Gasteiger partial charge in [0.05, 0.1) is 0 Å². The second-order valence-electron chi connectivity index (χ2n) is 4.13. The van der Waals surface area contributed by atoms with Gasteiger partial charge < -0.3 is 5.73 Å². The zero-order valence-corrected chi connectivity index (χ0v) is 10.7. The zero-order valence-electron chi connectivity index (χ0n) is 8.32. The summed E-state index contributed by atoms with van der Waals surface area (Å²) in [5.74, 6) is 0. The van der Waals surface area contributed by atoms with Crippen LogP contribution >= 0.6 is 27.5 Å². The Hall–Kier alpha value is -0.0500. The average Bonchev–Trinajstić information content (AvgIpc) is 2.87. The van der Waals surface area contributed by atoms with Crippen LogP contribution < -0.4 is 5.73 Å². The van der Waals surface area contributed by atoms with Gasteiger partial charge in [0, 0.05) is 15.0 Å². The van der Waals surface area contributed by atoms with Crippen molar-refractivity contribution < 1.29 is 0 Å². The molecule has 0 heterocycles. The van der Waals surface area contributed by atoms with Gasteiger partial charge in [-0.1, -0.05) is 27.5 Å². The molecule has 0 unspecified atom stereocenters. The van der Waals surface area contributed by atoms with E-state index in [2.05, 4.69) is 22.9 Å². The Bertz CT molecular complexity index is 397. The molecule has 0 saturated heterocycles. The molecule has 3 heteroatoms. The molecule has 0 atom stereocenters. The summed E-state index contributed by atoms with van der Waals surface area (Å²) in [4.78, 5) is 0. The number of rotatable bonds is 1. The zero-order chi connectivity index (χ0) is 10.5. The summed E-state index contributed by atoms with van der Waals surface area (Å²) in [5, 5.41) is 0.800. The van der Waals surface area contributed by atoms with Crippen molar-refractivity contribution >= 4 is 27.5 Å². The first-order valence-electron chi connectivity index (χ1n) is 4.70. The van der Waals surface area contributed by atoms with Crippen LogP contribution in [0.4, 0.5) is 0 Å². The lowest BCUT2D eigenvalue weighted by atomic mass is 9.98. The number of nitrogens with two attached hydrogens (primary N) is 1. The highest BCUT2D eigenvalue weighted by Crippen LogP contribution is 2.46. The van der Waals surface area contributed by atoms with Gasteiger partial charge in [0.2, 0.25) is 0 Å². The third-order valence-electron chi connectivity index (χ3n) is 3.02. The van der Waals surface area contributed by atoms with Crippen LogP contribution in [0.15, 0.2) is 10.5 Å². The molecule has 2 N–H and O–H groups in total. The molecule has 1 saturated carbocycles. The fourth-order valence-electron chi connectivity index (χ4n) is 1.77. The highest BCUT2D eigenvalue weighted by molar-refractivity contribution is 9.10. The topological polar surface area (TPSA) is 26.0 Å². The standard InChI is InChI=1S/C11H13BrClN/c1-6-8(11(14)3-4-11)5-9(13)7(2)10(6)12/h5H,3-4,14H2,1-2H3. The van der Waals surface area contributed by atoms with E-state index in [0.717, 1.165) is 27.9 Å². The highest BCUT2D eigenvalue weighted by Gasteiger charge is 2.41. The first-order chi connectivity index (χ1) is 6.46. The summed E-state index contributed by atoms with van der Waals surface area (Å²) in [5.41, 5.74) is 9.59. The Labute approximate surface area is 97.8 Å². The van der Waals surface area contributed by atoms with E-state index in [-0.39, 0.29) is 5.54 Å². The fraction of sp³-hybridized carbons (Fsp3) is 0.455. The Kier molecular flexibility index (Phi) is 2.41. The minimum absolute atomic E-state index is 0.107. The van der Waals surface area contributed by atoms with E-state index in [1.165, 1.54) is 11.1 Å². The normalized spacial score (nSPS) is 18.4. The SMILES string of the molecule is Cc1c(Cl)cc(C2(N)CC2)c(C)c1Br. The molecule has 0 spiro atoms. The van der Waals surface area contributed by atoms with Crippen molar-refractivity contribution in [3.63, 3.8) is 0 Å². The molecule has 0 radical (unpaired) electrons. The van der Waals surface area contributed by atoms with Gasteiger partial charge in [0.1, 0.15) is 0 Å². The lowest BCUT2D eigenvalue weighted by Gasteiger charge is -2.16. The monoisotopic (exact) mass is 273 g/mol. The van der Waals surface area contributed by atoms with Gasteiger partial charge >= 0.3 is 0 Å². The summed E-state index contributed by atoms with van der Waals surface area (Å²) < 4.78 is 1.09. The van der Waals surface area contributed by atoms with E-state index in [9.17, 15) is 0 Å². The maximum absolute atomic E-state index is 6.18. The lowest BCUT2D eigenvalue weighted by molar-refractivity contribution is 0.732. The molecule has 0 aliphatic heterocycles. The predicted molar refractivity (Wildman–Crippen MR) is 63.7 cm³/mol. The van der Waals surface area contributed by atoms with E-state index in [0.29, 0.717) is 0 Å². The van der Waals surface area contributed by atoms with Gasteiger partial charge in [0.15, 0.2) is 0 Å². The summed E-state index contributed by atoms with van der Waals surface area (Å²) in [6.45, 7) is 4.11. The minimum atomic E-state index is -0.107. The Morgan fingerprint density at radius 1 is 1.36 bits per heavy atom. The summed E-state index contributed by atoms with van der Waals surface area (Å²) in [6.07, 6.45) is 2.14. The molecule has 1 nitrogen and oxygen atoms in total. The smallest absolute Gasteiger partial charge is 0.0450 e. The molecule has 1 aromatic carbocycles. The molecule has 1 fully saturated rings. The number of halogens is 2. The first kappa shape index (κ1) is 10.5. The molecule has 2 rings (SSSR count). The Morgan fingerprint density at radius 3 is 2.43 bits per heavy atom. The maximum Gasteiger partial charge on any atom is 0.0450 e. The molecule has 76 valence electrons. The predicted octanol–water partition coefficient (Wildman–Crippen LogP) is 3.67. The van der Waals surface area contributed by atoms with Gasteiger partial charge in [-0.25, -0.2) is 0 Å². The van der Waals surface area contributed by atoms with Crippen LogP contribution in [-0.2, 0) is 5.54 Å². The Balaban J connectivity index is 2.62. The molecular weight excluding hydrogens is 261 g/mol. The summed E-state index contributed by atoms with van der Waals surface area (Å²) in [7, 11) is 0. The van der Waals surface area contributed by atoms with Gasteiger partial charge in [-0.05, 0) is 49.4 Å². The van der Waals surface area contributed by atoms with Crippen molar-refractivity contribution in [1.29, 1.82) is 0 Å². The van der Waals surface area contributed by atoms with Gasteiger partial charge in [-0.2, -0.15) is 0 Å². The van der Waals surface area contributed by atoms with Crippen LogP contribution in [0.2, 0.25) is 5.02 Å². The Morgan fingerprint density at radius 2 is 1.93 bits per heavy atom. The average molecular weight is 275 g/mol. The molecule has 0 bridgehead atoms. The lowest BCUT2D eigenvalue weighted by Crippen LogP contribution is -2.20. The molecule has 1 aliphatic rings. The molecular formula is C11H13BrClN. The van der Waals surface area contributed by atoms with Crippen molar-refractivity contribution in [1.82, 2.24) is 0 Å². The van der Waals surface area contributed by atoms with Crippen molar-refractivity contribution in [2.75, 3.05) is 0 Å². The highest BCUT2D eigenvalue weighted by atomic mass is 79.9. The van der Waals surface area contributed by atoms with E-state index < -0.39 is 0 Å². The quantitative estimate of drug-likeness (QED) is 0.831. The van der Waals surface area contributed by atoms with Crippen LogP contribution in [0, 0.1) is 13.8 Å². The van der Waals surface area contributed by atoms with Crippen molar-refractivity contribution in [3.05, 3.63) is 32.3 Å². The number of hydrogen-bond donors (Lipinski definition) is 1. The van der Waals surface area contributed by atoms with Crippen LogP contribution in [0.3, 0.4) is 0 Å². The van der Waals surface area contributed by atoms with E-state index >= 15 is 0 Å². The summed E-state index contributed by atoms with van der Waals surface area (Å²) >= 11 is 9.70. The van der Waals surface area contributed by atoms with Crippen molar-refractivity contribution in [2.24, 2.45) is 5.73 Å². The molecule has 1 aliphatic carbocycles. The molecule has 0 aromatic heterocycles. The summed E-state index contributed by atoms with van der Waals surface area (Å²) in [6, 6.07) is 2.02. The fourth-order valence-corrected chi connectivity index (χ4v) is 2.51. The number of benzene rings is 1. The van der Waals surface area contributed by atoms with E-state index in [4.69, 9.17) is 17.3 Å². The van der Waals surface area contributed by atoms with Gasteiger partial charge in [-0.15, -0.1) is 0 Å². The third-order valence-corrected chi connectivity index (χ3v) is 4.60. The van der Waals surface area contributed by atoms with Crippen LogP contribution in [0.1, 0.15) is 29.5 Å². The first-order valence-corrected chi connectivity index (χ1v) is 5.87. The van der Waals surface area contributed by atoms with Crippen LogP contribution in [-0.4, -0.2) is 0 Å². The van der Waals surface area contributed by atoms with Gasteiger partial charge in [0.25, 0.3) is 0 Å². The number of hydrogen-bond acceptors (Lipinski definition) is 1. The third kappa shape index (κ3) is 1.50. The maximum atomic E-state index is 6.18. The van der Waals surface area contributed by atoms with Crippen LogP contribution in [0.5, 0.6) is 0 Å². The molecule has 0 amide bonds. The molecule has 1 aromatic rings. The minimum Gasteiger partial charge on any atom is -0.321 e. The second kappa shape index (κ2) is 3.22. The molecule has 14 heavy (non-hydrogen) atoms. The largest absolute Gasteiger partial charge is 0.321 e. The van der Waals surface area contributed by atoms with Crippen molar-refractivity contribution in [2.45, 2.75) is 32.2 Å². The van der Waals surface area contributed by atoms with E-state index in [1.54, 1.807) is 0 Å².